The Morgan fingerprint density at radius 3 is 1.47 bits per heavy atom. The van der Waals surface area contributed by atoms with Gasteiger partial charge in [-0.1, -0.05) is 206 Å². The second kappa shape index (κ2) is 17.6. The van der Waals surface area contributed by atoms with Crippen molar-refractivity contribution in [3.8, 4) is 33.4 Å². The Kier molecular flexibility index (Phi) is 10.4. The summed E-state index contributed by atoms with van der Waals surface area (Å²) >= 11 is 0. The Hall–Kier alpha value is -8.92. The highest BCUT2D eigenvalue weighted by Gasteiger charge is 2.40. The van der Waals surface area contributed by atoms with Crippen LogP contribution >= 0.6 is 0 Å². The van der Waals surface area contributed by atoms with E-state index in [4.69, 9.17) is 0 Å². The van der Waals surface area contributed by atoms with Gasteiger partial charge in [-0.15, -0.1) is 0 Å². The number of hydrogen-bond acceptors (Lipinski definition) is 3. The van der Waals surface area contributed by atoms with E-state index in [2.05, 4.69) is 294 Å². The van der Waals surface area contributed by atoms with Crippen molar-refractivity contribution in [2.45, 2.75) is 18.0 Å². The molecule has 2 unspecified atom stereocenters. The SMILES string of the molecule is C1=CC(N(C2=CC3c4cc(N(c5ccccc5)c5ccccc5)ccc4N(c4cccc(-c5c6ccccc6c(-c6ccc(-c7ccccc7)cc6)c6ccccc56)c4)C3C=C2)c2ccccc2)C=C1. The van der Waals surface area contributed by atoms with E-state index in [1.165, 1.54) is 83.2 Å². The van der Waals surface area contributed by atoms with Crippen LogP contribution in [0.15, 0.2) is 285 Å². The zero-order valence-electron chi connectivity index (χ0n) is 38.6. The Morgan fingerprint density at radius 2 is 0.871 bits per heavy atom. The molecule has 0 saturated carbocycles. The van der Waals surface area contributed by atoms with E-state index < -0.39 is 0 Å². The maximum atomic E-state index is 2.59. The van der Waals surface area contributed by atoms with Crippen LogP contribution in [0.25, 0.3) is 54.9 Å². The summed E-state index contributed by atoms with van der Waals surface area (Å²) in [7, 11) is 0. The van der Waals surface area contributed by atoms with Crippen molar-refractivity contribution < 1.29 is 0 Å². The molecular weight excluding hydrogens is 847 g/mol. The predicted octanol–water partition coefficient (Wildman–Crippen LogP) is 17.5. The number of allylic oxidation sites excluding steroid dienone is 3. The summed E-state index contributed by atoms with van der Waals surface area (Å²) in [4.78, 5) is 7.43. The van der Waals surface area contributed by atoms with E-state index in [-0.39, 0.29) is 18.0 Å². The third-order valence-corrected chi connectivity index (χ3v) is 14.4. The number of rotatable bonds is 10. The first-order chi connectivity index (χ1) is 34.7. The summed E-state index contributed by atoms with van der Waals surface area (Å²) in [5, 5.41) is 4.98. The zero-order valence-corrected chi connectivity index (χ0v) is 38.6. The molecule has 332 valence electrons. The molecule has 0 spiro atoms. The van der Waals surface area contributed by atoms with E-state index in [1.807, 2.05) is 0 Å². The van der Waals surface area contributed by atoms with Crippen LogP contribution in [-0.4, -0.2) is 12.1 Å². The van der Waals surface area contributed by atoms with Crippen LogP contribution in [0.2, 0.25) is 0 Å². The summed E-state index contributed by atoms with van der Waals surface area (Å²) in [5.74, 6) is 0.0711. The van der Waals surface area contributed by atoms with Gasteiger partial charge in [-0.05, 0) is 133 Å². The molecule has 2 atom stereocenters. The van der Waals surface area contributed by atoms with E-state index in [0.717, 1.165) is 17.1 Å². The molecule has 0 amide bonds. The summed E-state index contributed by atoms with van der Waals surface area (Å²) in [6.07, 6.45) is 16.2. The van der Waals surface area contributed by atoms with Gasteiger partial charge < -0.3 is 14.7 Å². The van der Waals surface area contributed by atoms with Crippen molar-refractivity contribution in [1.82, 2.24) is 0 Å². The minimum absolute atomic E-state index is 0.0492. The second-order valence-electron chi connectivity index (χ2n) is 18.4. The molecule has 1 heterocycles. The first kappa shape index (κ1) is 41.3. The topological polar surface area (TPSA) is 9.72 Å². The summed E-state index contributed by atoms with van der Waals surface area (Å²) < 4.78 is 0. The van der Waals surface area contributed by atoms with Crippen molar-refractivity contribution in [2.75, 3.05) is 14.7 Å². The highest BCUT2D eigenvalue weighted by molar-refractivity contribution is 6.21. The van der Waals surface area contributed by atoms with Gasteiger partial charge in [0.05, 0.1) is 12.1 Å². The van der Waals surface area contributed by atoms with Crippen molar-refractivity contribution in [3.63, 3.8) is 0 Å². The highest BCUT2D eigenvalue weighted by atomic mass is 15.2. The van der Waals surface area contributed by atoms with E-state index in [0.29, 0.717) is 0 Å². The molecule has 10 aromatic carbocycles. The number of nitrogens with zero attached hydrogens (tertiary/aromatic N) is 3. The highest BCUT2D eigenvalue weighted by Crippen LogP contribution is 2.52. The fourth-order valence-corrected chi connectivity index (χ4v) is 11.3. The summed E-state index contributed by atoms with van der Waals surface area (Å²) in [5.41, 5.74) is 16.8. The number of anilines is 6. The van der Waals surface area contributed by atoms with Gasteiger partial charge in [-0.2, -0.15) is 0 Å². The molecular formula is C67H49N3. The summed E-state index contributed by atoms with van der Waals surface area (Å²) in [6, 6.07) is 86.5. The lowest BCUT2D eigenvalue weighted by Gasteiger charge is -2.35. The van der Waals surface area contributed by atoms with Crippen LogP contribution in [0.1, 0.15) is 11.5 Å². The van der Waals surface area contributed by atoms with Gasteiger partial charge >= 0.3 is 0 Å². The Morgan fingerprint density at radius 1 is 0.371 bits per heavy atom. The minimum atomic E-state index is 0.0492. The quantitative estimate of drug-likeness (QED) is 0.127. The number of fused-ring (bicyclic) bond motifs is 5. The van der Waals surface area contributed by atoms with E-state index >= 15 is 0 Å². The van der Waals surface area contributed by atoms with Crippen molar-refractivity contribution >= 4 is 55.7 Å². The van der Waals surface area contributed by atoms with Crippen LogP contribution in [0.5, 0.6) is 0 Å². The maximum Gasteiger partial charge on any atom is 0.0712 e. The average molecular weight is 896 g/mol. The largest absolute Gasteiger partial charge is 0.333 e. The second-order valence-corrected chi connectivity index (χ2v) is 18.4. The van der Waals surface area contributed by atoms with Crippen molar-refractivity contribution in [3.05, 3.63) is 290 Å². The molecule has 13 rings (SSSR count). The molecule has 3 aliphatic rings. The Labute approximate surface area is 410 Å². The molecule has 0 bridgehead atoms. The number of benzene rings is 10. The number of hydrogen-bond donors (Lipinski definition) is 0. The van der Waals surface area contributed by atoms with Gasteiger partial charge in [0.2, 0.25) is 0 Å². The normalized spacial score (nSPS) is 15.8. The van der Waals surface area contributed by atoms with Crippen molar-refractivity contribution in [1.29, 1.82) is 0 Å². The average Bonchev–Trinajstić information content (AvgIpc) is 4.08. The van der Waals surface area contributed by atoms with Gasteiger partial charge in [0.25, 0.3) is 0 Å². The molecule has 1 aliphatic heterocycles. The van der Waals surface area contributed by atoms with Gasteiger partial charge in [-0.25, -0.2) is 0 Å². The molecule has 0 N–H and O–H groups in total. The van der Waals surface area contributed by atoms with E-state index in [9.17, 15) is 0 Å². The molecule has 3 nitrogen and oxygen atoms in total. The molecule has 0 fully saturated rings. The molecule has 0 aromatic heterocycles. The molecule has 10 aromatic rings. The van der Waals surface area contributed by atoms with Crippen LogP contribution in [0, 0.1) is 0 Å². The van der Waals surface area contributed by atoms with Crippen LogP contribution in [0.3, 0.4) is 0 Å². The third-order valence-electron chi connectivity index (χ3n) is 14.4. The zero-order chi connectivity index (χ0) is 46.4. The standard InChI is InChI=1S/C67H49N3/c1-5-20-47(21-6-1)48-36-38-49(39-37-48)66-58-32-15-17-34-60(58)67(61-35-18-16-33-59(61)66)50-22-19-31-55(44-50)70-64-42-40-56(68(51-23-7-2-8-24-51)52-25-9-3-10-26-52)45-62(64)63-46-57(41-43-65(63)70)69(54-29-13-14-30-54)53-27-11-4-12-28-53/h1-46,54,63,65H. The first-order valence-corrected chi connectivity index (χ1v) is 24.4. The first-order valence-electron chi connectivity index (χ1n) is 24.4. The van der Waals surface area contributed by atoms with Crippen LogP contribution in [0.4, 0.5) is 34.1 Å². The van der Waals surface area contributed by atoms with Crippen molar-refractivity contribution in [2.24, 2.45) is 0 Å². The lowest BCUT2D eigenvalue weighted by molar-refractivity contribution is 0.728. The van der Waals surface area contributed by atoms with Gasteiger partial charge in [0, 0.05) is 45.7 Å². The van der Waals surface area contributed by atoms with Crippen LogP contribution in [-0.2, 0) is 0 Å². The smallest absolute Gasteiger partial charge is 0.0712 e. The lowest BCUT2D eigenvalue weighted by Crippen LogP contribution is -2.34. The molecule has 0 radical (unpaired) electrons. The van der Waals surface area contributed by atoms with Crippen LogP contribution < -0.4 is 14.7 Å². The molecule has 0 saturated heterocycles. The Bertz CT molecular complexity index is 3560. The van der Waals surface area contributed by atoms with Gasteiger partial charge in [0.15, 0.2) is 0 Å². The molecule has 3 heteroatoms. The third kappa shape index (κ3) is 7.23. The van der Waals surface area contributed by atoms with E-state index in [1.54, 1.807) is 0 Å². The van der Waals surface area contributed by atoms with Gasteiger partial charge in [0.1, 0.15) is 0 Å². The monoisotopic (exact) mass is 895 g/mol. The molecule has 2 aliphatic carbocycles. The minimum Gasteiger partial charge on any atom is -0.333 e. The fraction of sp³-hybridized carbons (Fsp3) is 0.0448. The summed E-state index contributed by atoms with van der Waals surface area (Å²) in [6.45, 7) is 0. The predicted molar refractivity (Wildman–Crippen MR) is 296 cm³/mol. The fourth-order valence-electron chi connectivity index (χ4n) is 11.3. The van der Waals surface area contributed by atoms with Gasteiger partial charge in [-0.3, -0.25) is 0 Å². The molecule has 70 heavy (non-hydrogen) atoms. The Balaban J connectivity index is 0.961. The maximum absolute atomic E-state index is 2.59. The lowest BCUT2D eigenvalue weighted by atomic mass is 9.85. The number of para-hydroxylation sites is 3.